The molecule has 0 saturated heterocycles. The molecule has 6 rings (SSSR count). The maximum atomic E-state index is 12.4. The number of rotatable bonds is 16. The monoisotopic (exact) mass is 800 g/mol. The molecule has 7 N–H and O–H groups in total. The van der Waals surface area contributed by atoms with Gasteiger partial charge in [0.25, 0.3) is 11.8 Å². The van der Waals surface area contributed by atoms with Crippen molar-refractivity contribution in [3.05, 3.63) is 149 Å². The fraction of sp³-hybridized carbons (Fsp3) is 0.273. The van der Waals surface area contributed by atoms with Gasteiger partial charge in [-0.3, -0.25) is 29.3 Å². The summed E-state index contributed by atoms with van der Waals surface area (Å²) in [5.41, 5.74) is 3.75. The summed E-state index contributed by atoms with van der Waals surface area (Å²) in [4.78, 5) is 65.4. The van der Waals surface area contributed by atoms with Crippen LogP contribution in [0.25, 0.3) is 22.3 Å². The van der Waals surface area contributed by atoms with Crippen LogP contribution < -0.4 is 16.3 Å². The van der Waals surface area contributed by atoms with Gasteiger partial charge in [-0.1, -0.05) is 109 Å². The fourth-order valence-corrected chi connectivity index (χ4v) is 6.45. The van der Waals surface area contributed by atoms with Crippen molar-refractivity contribution in [3.8, 4) is 22.3 Å². The molecule has 0 saturated carbocycles. The summed E-state index contributed by atoms with van der Waals surface area (Å²) in [6, 6.07) is 35.2. The normalized spacial score (nSPS) is 12.3. The zero-order valence-corrected chi connectivity index (χ0v) is 33.2. The number of carbonyl (C=O) groups excluding carboxylic acids is 2. The first-order chi connectivity index (χ1) is 28.1. The first kappa shape index (κ1) is 43.0. The van der Waals surface area contributed by atoms with Gasteiger partial charge in [0.05, 0.1) is 10.8 Å². The van der Waals surface area contributed by atoms with Gasteiger partial charge in [-0.2, -0.15) is 5.10 Å². The van der Waals surface area contributed by atoms with E-state index in [1.807, 2.05) is 109 Å². The lowest BCUT2D eigenvalue weighted by Crippen LogP contribution is -2.42. The summed E-state index contributed by atoms with van der Waals surface area (Å²) >= 11 is 0. The van der Waals surface area contributed by atoms with E-state index < -0.39 is 46.3 Å². The molecule has 0 aliphatic heterocycles. The lowest BCUT2D eigenvalue weighted by atomic mass is 9.83. The number of H-pyrrole nitrogens is 3. The molecule has 0 aliphatic carbocycles. The van der Waals surface area contributed by atoms with Crippen LogP contribution >= 0.6 is 0 Å². The number of aliphatic carboxylic acids is 2. The molecule has 6 aromatic rings. The zero-order valence-electron chi connectivity index (χ0n) is 33.2. The van der Waals surface area contributed by atoms with Gasteiger partial charge >= 0.3 is 17.6 Å². The first-order valence-electron chi connectivity index (χ1n) is 19.0. The van der Waals surface area contributed by atoms with Crippen molar-refractivity contribution in [2.24, 2.45) is 10.8 Å². The van der Waals surface area contributed by atoms with Crippen molar-refractivity contribution in [2.75, 3.05) is 0 Å². The highest BCUT2D eigenvalue weighted by Crippen LogP contribution is 2.27. The second kappa shape index (κ2) is 19.3. The Balaban J connectivity index is 0.000000224. The van der Waals surface area contributed by atoms with E-state index in [1.54, 1.807) is 27.7 Å². The summed E-state index contributed by atoms with van der Waals surface area (Å²) < 4.78 is 0. The minimum absolute atomic E-state index is 0.0996. The minimum Gasteiger partial charge on any atom is -0.481 e. The van der Waals surface area contributed by atoms with Gasteiger partial charge in [0, 0.05) is 12.1 Å². The van der Waals surface area contributed by atoms with Crippen LogP contribution in [0.3, 0.4) is 0 Å². The molecule has 2 heterocycles. The highest BCUT2D eigenvalue weighted by Gasteiger charge is 2.33. The van der Waals surface area contributed by atoms with Crippen LogP contribution in [-0.2, 0) is 22.4 Å². The molecule has 15 heteroatoms. The number of nitrogens with one attached hydrogen (secondary N) is 5. The van der Waals surface area contributed by atoms with Crippen molar-refractivity contribution >= 4 is 23.8 Å². The third kappa shape index (κ3) is 12.4. The molecule has 15 nitrogen and oxygen atoms in total. The van der Waals surface area contributed by atoms with Crippen molar-refractivity contribution in [2.45, 2.75) is 65.5 Å². The smallest absolute Gasteiger partial charge is 0.341 e. The molecule has 0 radical (unpaired) electrons. The number of carboxylic acid groups (broad SMARTS) is 2. The van der Waals surface area contributed by atoms with Crippen LogP contribution in [0.4, 0.5) is 0 Å². The highest BCUT2D eigenvalue weighted by molar-refractivity contribution is 5.91. The molecule has 2 amide bonds. The molecule has 0 bridgehead atoms. The van der Waals surface area contributed by atoms with Crippen LogP contribution in [-0.4, -0.2) is 76.4 Å². The molecule has 4 aromatic carbocycles. The van der Waals surface area contributed by atoms with Gasteiger partial charge in [-0.25, -0.2) is 14.9 Å². The number of carboxylic acids is 2. The Morgan fingerprint density at radius 1 is 0.593 bits per heavy atom. The molecule has 306 valence electrons. The number of hydrogen-bond acceptors (Lipinski definition) is 8. The Bertz CT molecular complexity index is 2360. The third-order valence-corrected chi connectivity index (χ3v) is 9.77. The number of benzene rings is 4. The highest BCUT2D eigenvalue weighted by atomic mass is 16.4. The van der Waals surface area contributed by atoms with E-state index in [4.69, 9.17) is 0 Å². The van der Waals surface area contributed by atoms with E-state index in [9.17, 15) is 34.2 Å². The molecular weight excluding hydrogens is 753 g/mol. The van der Waals surface area contributed by atoms with E-state index in [2.05, 4.69) is 41.0 Å². The van der Waals surface area contributed by atoms with E-state index >= 15 is 0 Å². The van der Waals surface area contributed by atoms with Crippen LogP contribution in [0.1, 0.15) is 72.9 Å². The minimum atomic E-state index is -1.04. The maximum Gasteiger partial charge on any atom is 0.341 e. The molecule has 2 aromatic heterocycles. The van der Waals surface area contributed by atoms with Crippen LogP contribution in [0.15, 0.2) is 120 Å². The number of aromatic amines is 3. The predicted octanol–water partition coefficient (Wildman–Crippen LogP) is 5.92. The topological polar surface area (TPSA) is 236 Å². The molecule has 59 heavy (non-hydrogen) atoms. The average Bonchev–Trinajstić information content (AvgIpc) is 3.92. The summed E-state index contributed by atoms with van der Waals surface area (Å²) in [5, 5.41) is 36.7. The van der Waals surface area contributed by atoms with Gasteiger partial charge < -0.3 is 20.8 Å². The van der Waals surface area contributed by atoms with Gasteiger partial charge in [0.1, 0.15) is 6.33 Å². The van der Waals surface area contributed by atoms with Gasteiger partial charge in [0.2, 0.25) is 11.6 Å². The maximum absolute atomic E-state index is 12.4. The Hall–Kier alpha value is -7.16. The van der Waals surface area contributed by atoms with E-state index in [1.165, 1.54) is 6.33 Å². The standard InChI is InChI=1S/C22H24N4O4.C22H24N4O3/c1-22(2,20(28)29)13-17(23-19(27)18-24-21(30)26-25-18)12-14-8-10-16(11-9-14)15-6-4-3-5-7-15;1-22(2,21(28)29)13-18(25-20(27)19-23-14-24-26-19)12-15-8-10-17(11-9-15)16-6-4-3-5-7-16/h3-11,17H,12-13H2,1-2H3,(H,23,27)(H,28,29)(H2,24,25,26,30);3-11,14,18H,12-13H2,1-2H3,(H,25,27)(H,28,29)(H,23,24,26)/t17-;18-/m11/s1. The molecular formula is C44H48N8O7. The summed E-state index contributed by atoms with van der Waals surface area (Å²) in [5.74, 6) is -2.87. The summed E-state index contributed by atoms with van der Waals surface area (Å²) in [6.45, 7) is 6.54. The second-order valence-electron chi connectivity index (χ2n) is 15.5. The largest absolute Gasteiger partial charge is 0.481 e. The molecule has 0 fully saturated rings. The summed E-state index contributed by atoms with van der Waals surface area (Å²) in [7, 11) is 0. The van der Waals surface area contributed by atoms with Gasteiger partial charge in [-0.15, -0.1) is 5.10 Å². The Labute approximate surface area is 340 Å². The van der Waals surface area contributed by atoms with E-state index in [0.717, 1.165) is 33.4 Å². The van der Waals surface area contributed by atoms with Crippen molar-refractivity contribution in [1.82, 2.24) is 41.0 Å². The molecule has 2 atom stereocenters. The van der Waals surface area contributed by atoms with Crippen LogP contribution in [0.5, 0.6) is 0 Å². The zero-order chi connectivity index (χ0) is 42.6. The number of aromatic nitrogens is 6. The Morgan fingerprint density at radius 2 is 1.00 bits per heavy atom. The molecule has 0 spiro atoms. The van der Waals surface area contributed by atoms with Crippen LogP contribution in [0, 0.1) is 10.8 Å². The fourth-order valence-electron chi connectivity index (χ4n) is 6.45. The quantitative estimate of drug-likeness (QED) is 0.0610. The van der Waals surface area contributed by atoms with Crippen LogP contribution in [0.2, 0.25) is 0 Å². The SMILES string of the molecule is CC(C)(C[C@@H](Cc1ccc(-c2ccccc2)cc1)NC(=O)c1n[nH]c(=O)[nH]1)C(=O)O.CC(C)(C[C@@H](Cc1ccc(-c2ccccc2)cc1)NC(=O)c1ncn[nH]1)C(=O)O. The molecule has 0 aliphatic rings. The third-order valence-electron chi connectivity index (χ3n) is 9.77. The average molecular weight is 801 g/mol. The van der Waals surface area contributed by atoms with E-state index in [0.29, 0.717) is 12.8 Å². The van der Waals surface area contributed by atoms with Gasteiger partial charge in [0.15, 0.2) is 0 Å². The number of carbonyl (C=O) groups is 4. The van der Waals surface area contributed by atoms with Crippen molar-refractivity contribution in [3.63, 3.8) is 0 Å². The number of amides is 2. The second-order valence-corrected chi connectivity index (χ2v) is 15.5. The first-order valence-corrected chi connectivity index (χ1v) is 19.0. The predicted molar refractivity (Wildman–Crippen MR) is 221 cm³/mol. The summed E-state index contributed by atoms with van der Waals surface area (Å²) in [6.07, 6.45) is 2.69. The Kier molecular flexibility index (Phi) is 14.1. The number of hydrogen-bond donors (Lipinski definition) is 7. The van der Waals surface area contributed by atoms with Gasteiger partial charge in [-0.05, 0) is 86.8 Å². The lowest BCUT2D eigenvalue weighted by molar-refractivity contribution is -0.148. The van der Waals surface area contributed by atoms with E-state index in [-0.39, 0.29) is 30.5 Å². The number of nitrogens with zero attached hydrogens (tertiary/aromatic N) is 3. The van der Waals surface area contributed by atoms with Crippen molar-refractivity contribution < 1.29 is 29.4 Å². The van der Waals surface area contributed by atoms with Crippen molar-refractivity contribution in [1.29, 1.82) is 0 Å². The lowest BCUT2D eigenvalue weighted by Gasteiger charge is -2.26. The molecule has 0 unspecified atom stereocenters. The Morgan fingerprint density at radius 3 is 1.36 bits per heavy atom.